The van der Waals surface area contributed by atoms with Crippen LogP contribution in [0.25, 0.3) is 0 Å². The van der Waals surface area contributed by atoms with E-state index in [4.69, 9.17) is 4.18 Å². The van der Waals surface area contributed by atoms with Gasteiger partial charge in [0, 0.05) is 13.1 Å². The summed E-state index contributed by atoms with van der Waals surface area (Å²) < 4.78 is 29.3. The first kappa shape index (κ1) is 17.2. The van der Waals surface area contributed by atoms with Gasteiger partial charge in [-0.15, -0.1) is 6.58 Å². The maximum atomic E-state index is 12.1. The number of aliphatic hydroxyl groups excluding tert-OH is 1. The number of hydrogen-bond donors (Lipinski definition) is 2. The van der Waals surface area contributed by atoms with Gasteiger partial charge in [0.15, 0.2) is 0 Å². The Morgan fingerprint density at radius 3 is 2.39 bits per heavy atom. The van der Waals surface area contributed by atoms with Crippen LogP contribution in [-0.4, -0.2) is 26.6 Å². The Balaban J connectivity index is 2.04. The summed E-state index contributed by atoms with van der Waals surface area (Å²) in [5, 5.41) is 13.0. The molecule has 2 aromatic rings. The molecular formula is C17H19NO4S. The number of nitrogens with one attached hydrogen (secondary N) is 1. The minimum Gasteiger partial charge on any atom is -0.387 e. The Labute approximate surface area is 136 Å². The molecule has 0 aliphatic rings. The van der Waals surface area contributed by atoms with Crippen LogP contribution in [-0.2, 0) is 10.1 Å². The maximum Gasteiger partial charge on any atom is 0.339 e. The van der Waals surface area contributed by atoms with Crippen LogP contribution in [0.4, 0.5) is 0 Å². The van der Waals surface area contributed by atoms with Crippen molar-refractivity contribution in [3.8, 4) is 5.75 Å². The fourth-order valence-corrected chi connectivity index (χ4v) is 2.90. The molecule has 0 radical (unpaired) electrons. The third kappa shape index (κ3) is 4.92. The second kappa shape index (κ2) is 7.92. The lowest BCUT2D eigenvalue weighted by Gasteiger charge is -2.12. The predicted octanol–water partition coefficient (Wildman–Crippen LogP) is 2.26. The normalized spacial score (nSPS) is 12.6. The first-order chi connectivity index (χ1) is 11.0. The van der Waals surface area contributed by atoms with Crippen LogP contribution in [0.15, 0.2) is 72.1 Å². The van der Waals surface area contributed by atoms with Crippen LogP contribution in [0, 0.1) is 0 Å². The Bertz CT molecular complexity index is 727. The van der Waals surface area contributed by atoms with Crippen LogP contribution < -0.4 is 9.50 Å². The molecule has 0 aromatic heterocycles. The molecule has 0 saturated carbocycles. The first-order valence-corrected chi connectivity index (χ1v) is 8.53. The third-order valence-electron chi connectivity index (χ3n) is 3.13. The number of benzene rings is 2. The van der Waals surface area contributed by atoms with Crippen molar-refractivity contribution in [3.63, 3.8) is 0 Å². The molecule has 0 aliphatic carbocycles. The minimum absolute atomic E-state index is 0.0951. The summed E-state index contributed by atoms with van der Waals surface area (Å²) >= 11 is 0. The predicted molar refractivity (Wildman–Crippen MR) is 88.7 cm³/mol. The minimum atomic E-state index is -3.85. The lowest BCUT2D eigenvalue weighted by Crippen LogP contribution is -2.21. The quantitative estimate of drug-likeness (QED) is 0.440. The third-order valence-corrected chi connectivity index (χ3v) is 4.39. The fraction of sp³-hybridized carbons (Fsp3) is 0.176. The lowest BCUT2D eigenvalue weighted by molar-refractivity contribution is 0.176. The van der Waals surface area contributed by atoms with Crippen LogP contribution in [0.2, 0.25) is 0 Å². The molecule has 0 spiro atoms. The van der Waals surface area contributed by atoms with E-state index in [1.165, 1.54) is 24.3 Å². The Morgan fingerprint density at radius 2 is 1.78 bits per heavy atom. The average molecular weight is 333 g/mol. The van der Waals surface area contributed by atoms with Gasteiger partial charge in [-0.3, -0.25) is 0 Å². The zero-order chi connectivity index (χ0) is 16.7. The summed E-state index contributed by atoms with van der Waals surface area (Å²) in [5.74, 6) is 0.198. The Morgan fingerprint density at radius 1 is 1.13 bits per heavy atom. The van der Waals surface area contributed by atoms with Crippen LogP contribution >= 0.6 is 0 Å². The van der Waals surface area contributed by atoms with Crippen molar-refractivity contribution in [1.82, 2.24) is 5.32 Å². The Kier molecular flexibility index (Phi) is 5.92. The van der Waals surface area contributed by atoms with Crippen molar-refractivity contribution >= 4 is 10.1 Å². The topological polar surface area (TPSA) is 75.6 Å². The van der Waals surface area contributed by atoms with Gasteiger partial charge >= 0.3 is 10.1 Å². The number of hydrogen-bond acceptors (Lipinski definition) is 5. The molecule has 0 saturated heterocycles. The van der Waals surface area contributed by atoms with E-state index in [2.05, 4.69) is 11.9 Å². The zero-order valence-electron chi connectivity index (χ0n) is 12.6. The van der Waals surface area contributed by atoms with E-state index in [1.807, 2.05) is 0 Å². The molecule has 2 rings (SSSR count). The molecule has 23 heavy (non-hydrogen) atoms. The van der Waals surface area contributed by atoms with Gasteiger partial charge in [0.25, 0.3) is 0 Å². The SMILES string of the molecule is C=CCNC[C@H](O)c1ccc(OS(=O)(=O)c2ccccc2)cc1. The van der Waals surface area contributed by atoms with E-state index in [0.29, 0.717) is 18.7 Å². The van der Waals surface area contributed by atoms with Crippen molar-refractivity contribution in [3.05, 3.63) is 72.8 Å². The Hall–Kier alpha value is -2.15. The maximum absolute atomic E-state index is 12.1. The molecule has 2 aromatic carbocycles. The van der Waals surface area contributed by atoms with Gasteiger partial charge in [-0.25, -0.2) is 0 Å². The van der Waals surface area contributed by atoms with Crippen molar-refractivity contribution < 1.29 is 17.7 Å². The summed E-state index contributed by atoms with van der Waals surface area (Å²) in [4.78, 5) is 0.0951. The van der Waals surface area contributed by atoms with Gasteiger partial charge in [0.05, 0.1) is 6.10 Å². The van der Waals surface area contributed by atoms with Crippen molar-refractivity contribution in [2.45, 2.75) is 11.0 Å². The molecule has 6 heteroatoms. The van der Waals surface area contributed by atoms with Gasteiger partial charge in [-0.05, 0) is 29.8 Å². The van der Waals surface area contributed by atoms with Crippen LogP contribution in [0.3, 0.4) is 0 Å². The molecule has 122 valence electrons. The highest BCUT2D eigenvalue weighted by atomic mass is 32.2. The molecule has 0 heterocycles. The van der Waals surface area contributed by atoms with Crippen LogP contribution in [0.1, 0.15) is 11.7 Å². The standard InChI is InChI=1S/C17H19NO4S/c1-2-12-18-13-17(19)14-8-10-15(11-9-14)22-23(20,21)16-6-4-3-5-7-16/h2-11,17-19H,1,12-13H2/t17-/m0/s1. The molecule has 0 fully saturated rings. The van der Waals surface area contributed by atoms with Gasteiger partial charge in [-0.1, -0.05) is 36.4 Å². The lowest BCUT2D eigenvalue weighted by atomic mass is 10.1. The molecule has 2 N–H and O–H groups in total. The van der Waals surface area contributed by atoms with E-state index < -0.39 is 16.2 Å². The number of rotatable bonds is 8. The summed E-state index contributed by atoms with van der Waals surface area (Å²) in [6.07, 6.45) is 1.02. The molecule has 5 nitrogen and oxygen atoms in total. The average Bonchev–Trinajstić information content (AvgIpc) is 2.56. The molecule has 0 aliphatic heterocycles. The second-order valence-corrected chi connectivity index (χ2v) is 6.43. The van der Waals surface area contributed by atoms with Gasteiger partial charge in [0.1, 0.15) is 10.6 Å². The smallest absolute Gasteiger partial charge is 0.339 e. The van der Waals surface area contributed by atoms with Gasteiger partial charge in [-0.2, -0.15) is 8.42 Å². The summed E-state index contributed by atoms with van der Waals surface area (Å²) in [6, 6.07) is 14.2. The number of aliphatic hydroxyl groups is 1. The molecular weight excluding hydrogens is 314 g/mol. The second-order valence-electron chi connectivity index (χ2n) is 4.88. The van der Waals surface area contributed by atoms with E-state index >= 15 is 0 Å². The molecule has 0 bridgehead atoms. The van der Waals surface area contributed by atoms with Crippen molar-refractivity contribution in [2.75, 3.05) is 13.1 Å². The molecule has 1 atom stereocenters. The fourth-order valence-electron chi connectivity index (χ4n) is 1.95. The summed E-state index contributed by atoms with van der Waals surface area (Å²) in [7, 11) is -3.85. The van der Waals surface area contributed by atoms with E-state index in [9.17, 15) is 13.5 Å². The summed E-state index contributed by atoms with van der Waals surface area (Å²) in [6.45, 7) is 4.57. The monoisotopic (exact) mass is 333 g/mol. The molecule has 0 amide bonds. The first-order valence-electron chi connectivity index (χ1n) is 7.12. The van der Waals surface area contributed by atoms with E-state index in [-0.39, 0.29) is 10.6 Å². The van der Waals surface area contributed by atoms with Crippen molar-refractivity contribution in [2.24, 2.45) is 0 Å². The molecule has 0 unspecified atom stereocenters. The highest BCUT2D eigenvalue weighted by Gasteiger charge is 2.16. The highest BCUT2D eigenvalue weighted by molar-refractivity contribution is 7.87. The van der Waals surface area contributed by atoms with Crippen molar-refractivity contribution in [1.29, 1.82) is 0 Å². The van der Waals surface area contributed by atoms with E-state index in [0.717, 1.165) is 0 Å². The largest absolute Gasteiger partial charge is 0.387 e. The van der Waals surface area contributed by atoms with Gasteiger partial charge in [0.2, 0.25) is 0 Å². The zero-order valence-corrected chi connectivity index (χ0v) is 13.4. The van der Waals surface area contributed by atoms with Crippen LogP contribution in [0.5, 0.6) is 5.75 Å². The van der Waals surface area contributed by atoms with E-state index in [1.54, 1.807) is 36.4 Å². The highest BCUT2D eigenvalue weighted by Crippen LogP contribution is 2.21. The summed E-state index contributed by atoms with van der Waals surface area (Å²) in [5.41, 5.74) is 0.672. The van der Waals surface area contributed by atoms with Gasteiger partial charge < -0.3 is 14.6 Å².